The first-order valence-electron chi connectivity index (χ1n) is 21.4. The number of likely N-dealkylation sites (N-methyl/N-ethyl adjacent to an activating group) is 1. The van der Waals surface area contributed by atoms with E-state index in [1.165, 1.54) is 36.5 Å². The van der Waals surface area contributed by atoms with E-state index in [-0.39, 0.29) is 34.1 Å². The van der Waals surface area contributed by atoms with E-state index in [2.05, 4.69) is 9.56 Å². The summed E-state index contributed by atoms with van der Waals surface area (Å²) in [7, 11) is -14.4. The number of aryl methyl sites for hydroxylation is 1. The molecule has 8 rings (SSSR count). The van der Waals surface area contributed by atoms with E-state index in [1.54, 1.807) is 25.1 Å². The van der Waals surface area contributed by atoms with E-state index >= 15 is 0 Å². The number of rotatable bonds is 11. The van der Waals surface area contributed by atoms with Crippen LogP contribution in [-0.4, -0.2) is 90.1 Å². The van der Waals surface area contributed by atoms with Crippen LogP contribution >= 0.6 is 0 Å². The standard InChI is InChI=1S/C48H46N4O13S3/c1-8-50-37-16-13-32-27(3)22-30(66(56,57)58)23-34(32)44(37)47(4,5)40(50)18-11-28(36-15-10-29(26-49-36)46(55)65-52-42(53)20-21-43(52)54)12-19-41-48(6,7)45-35-24-31(67(59,60)61)25-39(68(62,63)64)33(35)14-17-38(45)51(41)9-2/h10-19,22-26H,8-9,20-21H2,1-7H3,(H2-,56,57,58,59,60,61,62,63,64)/p+1. The van der Waals surface area contributed by atoms with Gasteiger partial charge in [-0.1, -0.05) is 26.0 Å². The highest BCUT2D eigenvalue weighted by molar-refractivity contribution is 7.87. The third-order valence-corrected chi connectivity index (χ3v) is 15.4. The Kier molecular flexibility index (Phi) is 11.8. The van der Waals surface area contributed by atoms with Gasteiger partial charge < -0.3 is 9.74 Å². The second-order valence-electron chi connectivity index (χ2n) is 17.7. The third kappa shape index (κ3) is 8.13. The lowest BCUT2D eigenvalue weighted by Crippen LogP contribution is -2.32. The zero-order valence-corrected chi connectivity index (χ0v) is 40.4. The Labute approximate surface area is 392 Å². The Balaban J connectivity index is 1.29. The number of hydrogen-bond donors (Lipinski definition) is 3. The molecule has 5 aromatic rings. The smallest absolute Gasteiger partial charge is 0.344 e. The molecule has 4 heterocycles. The number of hydroxylamine groups is 2. The number of carbonyl (C=O) groups excluding carboxylic acids is 3. The fourth-order valence-electron chi connectivity index (χ4n) is 9.73. The molecule has 1 saturated heterocycles. The summed E-state index contributed by atoms with van der Waals surface area (Å²) in [5, 5.41) is 2.13. The number of aromatic nitrogens is 1. The van der Waals surface area contributed by atoms with Crippen molar-refractivity contribution in [3.63, 3.8) is 0 Å². The minimum Gasteiger partial charge on any atom is -0.344 e. The van der Waals surface area contributed by atoms with Crippen LogP contribution in [0.1, 0.15) is 87.1 Å². The number of pyridine rings is 1. The van der Waals surface area contributed by atoms with E-state index < -0.39 is 68.8 Å². The maximum Gasteiger partial charge on any atom is 0.365 e. The summed E-state index contributed by atoms with van der Waals surface area (Å²) in [5.41, 5.74) is 4.14. The number of hydrogen-bond acceptors (Lipinski definition) is 12. The maximum atomic E-state index is 13.1. The number of carbonyl (C=O) groups is 3. The Morgan fingerprint density at radius 1 is 0.779 bits per heavy atom. The molecule has 354 valence electrons. The first-order chi connectivity index (χ1) is 31.7. The van der Waals surface area contributed by atoms with Crippen LogP contribution in [0.5, 0.6) is 0 Å². The SMILES string of the molecule is CCN1/C(=C/C=C(/C=C/C2=[N+](CC)c3ccc4c(C)cc(S(=O)(=O)O)cc4c3C2(C)C)c2ccc(C(=O)ON3C(=O)CCC3=O)cn2)C(C)(C)c2c1ccc1c(S(=O)(=O)O)cc(S(=O)(=O)O)cc21. The fraction of sp³-hybridized carbons (Fsp3) is 0.271. The summed E-state index contributed by atoms with van der Waals surface area (Å²) in [4.78, 5) is 47.5. The molecule has 2 amide bonds. The molecule has 0 atom stereocenters. The van der Waals surface area contributed by atoms with Gasteiger partial charge in [-0.25, -0.2) is 4.79 Å². The van der Waals surface area contributed by atoms with Gasteiger partial charge in [0.25, 0.3) is 42.2 Å². The molecule has 0 unspecified atom stereocenters. The Hall–Kier alpha value is -6.42. The van der Waals surface area contributed by atoms with Crippen molar-refractivity contribution in [1.29, 1.82) is 0 Å². The summed E-state index contributed by atoms with van der Waals surface area (Å²) < 4.78 is 107. The van der Waals surface area contributed by atoms with Gasteiger partial charge in [-0.2, -0.15) is 29.8 Å². The quantitative estimate of drug-likeness (QED) is 0.0505. The topological polar surface area (TPSA) is 246 Å². The lowest BCUT2D eigenvalue weighted by Gasteiger charge is -2.26. The van der Waals surface area contributed by atoms with Crippen molar-refractivity contribution in [2.24, 2.45) is 0 Å². The van der Waals surface area contributed by atoms with Gasteiger partial charge in [0.05, 0.1) is 26.5 Å². The number of imide groups is 1. The van der Waals surface area contributed by atoms with Crippen LogP contribution in [0.3, 0.4) is 0 Å². The van der Waals surface area contributed by atoms with E-state index in [0.717, 1.165) is 22.3 Å². The fourth-order valence-corrected chi connectivity index (χ4v) is 11.7. The summed E-state index contributed by atoms with van der Waals surface area (Å²) in [5.74, 6) is -2.25. The average molecular weight is 984 g/mol. The summed E-state index contributed by atoms with van der Waals surface area (Å²) in [6.45, 7) is 14.3. The predicted molar refractivity (Wildman–Crippen MR) is 253 cm³/mol. The molecular weight excluding hydrogens is 937 g/mol. The number of allylic oxidation sites excluding steroid dienone is 6. The molecule has 0 saturated carbocycles. The predicted octanol–water partition coefficient (Wildman–Crippen LogP) is 7.39. The normalized spacial score (nSPS) is 17.9. The largest absolute Gasteiger partial charge is 0.365 e. The van der Waals surface area contributed by atoms with Gasteiger partial charge in [-0.05, 0) is 123 Å². The van der Waals surface area contributed by atoms with Crippen LogP contribution in [0.15, 0.2) is 112 Å². The van der Waals surface area contributed by atoms with Crippen molar-refractivity contribution in [2.45, 2.75) is 86.8 Å². The molecule has 3 aliphatic heterocycles. The third-order valence-electron chi connectivity index (χ3n) is 12.9. The first kappa shape index (κ1) is 48.1. The van der Waals surface area contributed by atoms with E-state index in [9.17, 15) is 53.3 Å². The molecule has 4 aromatic carbocycles. The van der Waals surface area contributed by atoms with Gasteiger partial charge in [0, 0.05) is 71.0 Å². The van der Waals surface area contributed by atoms with Gasteiger partial charge in [0.2, 0.25) is 5.69 Å². The van der Waals surface area contributed by atoms with Gasteiger partial charge in [-0.15, -0.1) is 5.06 Å². The van der Waals surface area contributed by atoms with E-state index in [0.29, 0.717) is 63.4 Å². The van der Waals surface area contributed by atoms with Crippen LogP contribution in [0, 0.1) is 6.92 Å². The van der Waals surface area contributed by atoms with Crippen molar-refractivity contribution in [3.8, 4) is 0 Å². The summed E-state index contributed by atoms with van der Waals surface area (Å²) in [6.07, 6.45) is 8.47. The van der Waals surface area contributed by atoms with Crippen LogP contribution in [0.4, 0.5) is 11.4 Å². The number of anilines is 1. The average Bonchev–Trinajstić information content (AvgIpc) is 3.79. The van der Waals surface area contributed by atoms with Crippen LogP contribution < -0.4 is 4.90 Å². The van der Waals surface area contributed by atoms with Crippen LogP contribution in [-0.2, 0) is 55.6 Å². The number of fused-ring (bicyclic) bond motifs is 6. The Morgan fingerprint density at radius 2 is 1.40 bits per heavy atom. The molecule has 20 heteroatoms. The molecule has 0 spiro atoms. The lowest BCUT2D eigenvalue weighted by atomic mass is 9.78. The van der Waals surface area contributed by atoms with Gasteiger partial charge in [0.15, 0.2) is 5.71 Å². The van der Waals surface area contributed by atoms with Gasteiger partial charge in [-0.3, -0.25) is 28.2 Å². The second kappa shape index (κ2) is 16.7. The van der Waals surface area contributed by atoms with Crippen molar-refractivity contribution < 1.29 is 62.7 Å². The van der Waals surface area contributed by atoms with Crippen LogP contribution in [0.25, 0.3) is 27.1 Å². The minimum atomic E-state index is -4.97. The van der Waals surface area contributed by atoms with Crippen LogP contribution in [0.2, 0.25) is 0 Å². The van der Waals surface area contributed by atoms with E-state index in [1.807, 2.05) is 76.8 Å². The Morgan fingerprint density at radius 3 is 1.97 bits per heavy atom. The highest BCUT2D eigenvalue weighted by Crippen LogP contribution is 2.52. The zero-order valence-electron chi connectivity index (χ0n) is 37.9. The number of amides is 2. The molecule has 3 aliphatic rings. The van der Waals surface area contributed by atoms with Crippen molar-refractivity contribution >= 4 is 92.3 Å². The highest BCUT2D eigenvalue weighted by atomic mass is 32.2. The van der Waals surface area contributed by atoms with E-state index in [4.69, 9.17) is 4.84 Å². The summed E-state index contributed by atoms with van der Waals surface area (Å²) >= 11 is 0. The van der Waals surface area contributed by atoms with Crippen molar-refractivity contribution in [2.75, 3.05) is 18.0 Å². The zero-order chi connectivity index (χ0) is 49.6. The maximum absolute atomic E-state index is 13.1. The van der Waals surface area contributed by atoms with Gasteiger partial charge >= 0.3 is 5.97 Å². The summed E-state index contributed by atoms with van der Waals surface area (Å²) in [6, 6.07) is 14.9. The molecule has 0 aliphatic carbocycles. The molecule has 3 N–H and O–H groups in total. The Bertz CT molecular complexity index is 3540. The van der Waals surface area contributed by atoms with Gasteiger partial charge in [0.1, 0.15) is 11.4 Å². The number of benzene rings is 4. The molecular formula is C48H47N4O13S3+. The highest BCUT2D eigenvalue weighted by Gasteiger charge is 2.46. The first-order valence-corrected chi connectivity index (χ1v) is 25.7. The molecule has 0 radical (unpaired) electrons. The minimum absolute atomic E-state index is 0.0410. The monoisotopic (exact) mass is 983 g/mol. The molecule has 17 nitrogen and oxygen atoms in total. The lowest BCUT2D eigenvalue weighted by molar-refractivity contribution is -0.433. The van der Waals surface area contributed by atoms with Crippen molar-refractivity contribution in [3.05, 3.63) is 125 Å². The number of nitrogens with zero attached hydrogens (tertiary/aromatic N) is 4. The molecule has 1 fully saturated rings. The second-order valence-corrected chi connectivity index (χ2v) is 22.0. The molecule has 1 aromatic heterocycles. The molecule has 68 heavy (non-hydrogen) atoms. The molecule has 0 bridgehead atoms. The van der Waals surface area contributed by atoms with Crippen molar-refractivity contribution in [1.82, 2.24) is 10.0 Å².